The first-order valence-electron chi connectivity index (χ1n) is 5.25. The summed E-state index contributed by atoms with van der Waals surface area (Å²) in [7, 11) is 4.25. The van der Waals surface area contributed by atoms with E-state index in [1.807, 2.05) is 0 Å². The van der Waals surface area contributed by atoms with Crippen molar-refractivity contribution in [2.45, 2.75) is 19.0 Å². The summed E-state index contributed by atoms with van der Waals surface area (Å²) in [5, 5.41) is 3.68. The number of hydrogen-bond donors (Lipinski definition) is 1. The van der Waals surface area contributed by atoms with Crippen LogP contribution in [0.4, 0.5) is 5.82 Å². The van der Waals surface area contributed by atoms with Crippen LogP contribution in [0.3, 0.4) is 0 Å². The van der Waals surface area contributed by atoms with Gasteiger partial charge in [-0.3, -0.25) is 4.90 Å². The Balaban J connectivity index is 1.87. The first-order valence-corrected chi connectivity index (χ1v) is 5.25. The Kier molecular flexibility index (Phi) is 2.93. The molecule has 0 aromatic carbocycles. The molecule has 84 valence electrons. The lowest BCUT2D eigenvalue weighted by atomic mass is 10.2. The van der Waals surface area contributed by atoms with E-state index in [0.717, 1.165) is 25.4 Å². The molecule has 15 heavy (non-hydrogen) atoms. The minimum absolute atomic E-state index is 0.466. The summed E-state index contributed by atoms with van der Waals surface area (Å²) in [6, 6.07) is 2.45. The highest BCUT2D eigenvalue weighted by Crippen LogP contribution is 2.16. The van der Waals surface area contributed by atoms with Crippen LogP contribution in [0.15, 0.2) is 10.6 Å². The SMILES string of the molecule is CN(C)C1CCN(Cc2cc(N)no2)C1. The Morgan fingerprint density at radius 2 is 2.47 bits per heavy atom. The Labute approximate surface area is 89.8 Å². The van der Waals surface area contributed by atoms with Crippen LogP contribution in [0.25, 0.3) is 0 Å². The van der Waals surface area contributed by atoms with Gasteiger partial charge < -0.3 is 15.2 Å². The fourth-order valence-electron chi connectivity index (χ4n) is 2.00. The number of aromatic nitrogens is 1. The van der Waals surface area contributed by atoms with Crippen molar-refractivity contribution in [3.05, 3.63) is 11.8 Å². The first kappa shape index (κ1) is 10.4. The zero-order valence-corrected chi connectivity index (χ0v) is 9.31. The molecule has 1 aliphatic rings. The van der Waals surface area contributed by atoms with E-state index in [2.05, 4.69) is 29.1 Å². The van der Waals surface area contributed by atoms with Crippen molar-refractivity contribution >= 4 is 5.82 Å². The third-order valence-corrected chi connectivity index (χ3v) is 2.93. The van der Waals surface area contributed by atoms with Gasteiger partial charge in [-0.1, -0.05) is 5.16 Å². The highest BCUT2D eigenvalue weighted by atomic mass is 16.5. The number of nitrogen functional groups attached to an aromatic ring is 1. The third kappa shape index (κ3) is 2.49. The van der Waals surface area contributed by atoms with Crippen molar-refractivity contribution in [3.63, 3.8) is 0 Å². The van der Waals surface area contributed by atoms with Gasteiger partial charge in [0.25, 0.3) is 0 Å². The van der Waals surface area contributed by atoms with E-state index in [4.69, 9.17) is 10.3 Å². The first-order chi connectivity index (χ1) is 7.15. The van der Waals surface area contributed by atoms with Crippen LogP contribution in [0.2, 0.25) is 0 Å². The number of nitrogens with two attached hydrogens (primary N) is 1. The van der Waals surface area contributed by atoms with E-state index in [1.165, 1.54) is 6.42 Å². The maximum atomic E-state index is 5.50. The molecule has 2 N–H and O–H groups in total. The molecule has 0 aliphatic carbocycles. The van der Waals surface area contributed by atoms with Gasteiger partial charge >= 0.3 is 0 Å². The van der Waals surface area contributed by atoms with Crippen molar-refractivity contribution in [2.75, 3.05) is 32.9 Å². The van der Waals surface area contributed by atoms with Crippen LogP contribution in [0.1, 0.15) is 12.2 Å². The van der Waals surface area contributed by atoms with Gasteiger partial charge in [0.05, 0.1) is 6.54 Å². The average Bonchev–Trinajstić information content (AvgIpc) is 2.76. The number of anilines is 1. The Hall–Kier alpha value is -1.07. The van der Waals surface area contributed by atoms with E-state index >= 15 is 0 Å². The second-order valence-electron chi connectivity index (χ2n) is 4.36. The van der Waals surface area contributed by atoms with Crippen molar-refractivity contribution in [1.29, 1.82) is 0 Å². The fraction of sp³-hybridized carbons (Fsp3) is 0.700. The molecule has 0 saturated carbocycles. The normalized spacial score (nSPS) is 22.7. The summed E-state index contributed by atoms with van der Waals surface area (Å²) < 4.78 is 5.09. The standard InChI is InChI=1S/C10H18N4O/c1-13(2)8-3-4-14(6-8)7-9-5-10(11)12-15-9/h5,8H,3-4,6-7H2,1-2H3,(H2,11,12). The van der Waals surface area contributed by atoms with E-state index < -0.39 is 0 Å². The molecule has 5 heteroatoms. The Morgan fingerprint density at radius 3 is 3.00 bits per heavy atom. The molecular formula is C10H18N4O. The van der Waals surface area contributed by atoms with Gasteiger partial charge in [-0.05, 0) is 20.5 Å². The van der Waals surface area contributed by atoms with Crippen LogP contribution in [-0.2, 0) is 6.54 Å². The lowest BCUT2D eigenvalue weighted by Crippen LogP contribution is -2.31. The quantitative estimate of drug-likeness (QED) is 0.782. The molecule has 1 aromatic heterocycles. The monoisotopic (exact) mass is 210 g/mol. The molecule has 0 amide bonds. The highest BCUT2D eigenvalue weighted by Gasteiger charge is 2.24. The van der Waals surface area contributed by atoms with Crippen LogP contribution in [0.5, 0.6) is 0 Å². The zero-order valence-electron chi connectivity index (χ0n) is 9.31. The fourth-order valence-corrected chi connectivity index (χ4v) is 2.00. The lowest BCUT2D eigenvalue weighted by molar-refractivity contribution is 0.242. The van der Waals surface area contributed by atoms with Crippen LogP contribution < -0.4 is 5.73 Å². The molecule has 1 aliphatic heterocycles. The van der Waals surface area contributed by atoms with Gasteiger partial charge in [-0.2, -0.15) is 0 Å². The number of likely N-dealkylation sites (N-methyl/N-ethyl adjacent to an activating group) is 1. The summed E-state index contributed by atoms with van der Waals surface area (Å²) >= 11 is 0. The number of nitrogens with zero attached hydrogens (tertiary/aromatic N) is 3. The summed E-state index contributed by atoms with van der Waals surface area (Å²) in [4.78, 5) is 4.64. The molecule has 1 unspecified atom stereocenters. The molecule has 0 radical (unpaired) electrons. The maximum Gasteiger partial charge on any atom is 0.167 e. The molecule has 0 spiro atoms. The van der Waals surface area contributed by atoms with E-state index in [1.54, 1.807) is 6.07 Å². The number of rotatable bonds is 3. The van der Waals surface area contributed by atoms with Gasteiger partial charge in [-0.15, -0.1) is 0 Å². The second-order valence-corrected chi connectivity index (χ2v) is 4.36. The minimum Gasteiger partial charge on any atom is -0.381 e. The molecule has 1 atom stereocenters. The van der Waals surface area contributed by atoms with E-state index in [0.29, 0.717) is 11.9 Å². The predicted octanol–water partition coefficient (Wildman–Crippen LogP) is 0.393. The number of hydrogen-bond acceptors (Lipinski definition) is 5. The van der Waals surface area contributed by atoms with Gasteiger partial charge in [0.1, 0.15) is 0 Å². The van der Waals surface area contributed by atoms with Crippen LogP contribution in [0, 0.1) is 0 Å². The Morgan fingerprint density at radius 1 is 1.67 bits per heavy atom. The average molecular weight is 210 g/mol. The third-order valence-electron chi connectivity index (χ3n) is 2.93. The zero-order chi connectivity index (χ0) is 10.8. The van der Waals surface area contributed by atoms with E-state index in [-0.39, 0.29) is 0 Å². The molecule has 0 bridgehead atoms. The molecule has 5 nitrogen and oxygen atoms in total. The summed E-state index contributed by atoms with van der Waals surface area (Å²) in [5.41, 5.74) is 5.50. The highest BCUT2D eigenvalue weighted by molar-refractivity contribution is 5.26. The van der Waals surface area contributed by atoms with Gasteiger partial charge in [0.15, 0.2) is 11.6 Å². The molecule has 1 aromatic rings. The van der Waals surface area contributed by atoms with Gasteiger partial charge in [-0.25, -0.2) is 0 Å². The lowest BCUT2D eigenvalue weighted by Gasteiger charge is -2.19. The minimum atomic E-state index is 0.466. The molecule has 2 heterocycles. The predicted molar refractivity (Wildman–Crippen MR) is 58.3 cm³/mol. The molecule has 1 saturated heterocycles. The topological polar surface area (TPSA) is 58.5 Å². The van der Waals surface area contributed by atoms with E-state index in [9.17, 15) is 0 Å². The molecule has 1 fully saturated rings. The largest absolute Gasteiger partial charge is 0.381 e. The van der Waals surface area contributed by atoms with Crippen LogP contribution in [-0.4, -0.2) is 48.2 Å². The van der Waals surface area contributed by atoms with Crippen molar-refractivity contribution in [3.8, 4) is 0 Å². The molecule has 2 rings (SSSR count). The summed E-state index contributed by atoms with van der Waals surface area (Å²) in [6.07, 6.45) is 1.22. The van der Waals surface area contributed by atoms with Crippen LogP contribution >= 0.6 is 0 Å². The summed E-state index contributed by atoms with van der Waals surface area (Å²) in [6.45, 7) is 3.02. The molecular weight excluding hydrogens is 192 g/mol. The van der Waals surface area contributed by atoms with Crippen molar-refractivity contribution < 1.29 is 4.52 Å². The smallest absolute Gasteiger partial charge is 0.167 e. The van der Waals surface area contributed by atoms with Crippen molar-refractivity contribution in [2.24, 2.45) is 0 Å². The Bertz CT molecular complexity index is 323. The summed E-state index contributed by atoms with van der Waals surface area (Å²) in [5.74, 6) is 1.32. The van der Waals surface area contributed by atoms with Gasteiger partial charge in [0.2, 0.25) is 0 Å². The second kappa shape index (κ2) is 4.20. The van der Waals surface area contributed by atoms with Crippen molar-refractivity contribution in [1.82, 2.24) is 15.0 Å². The van der Waals surface area contributed by atoms with Gasteiger partial charge in [0, 0.05) is 25.2 Å². The number of likely N-dealkylation sites (tertiary alicyclic amines) is 1. The maximum absolute atomic E-state index is 5.50.